The molecule has 2 N–H and O–H groups in total. The summed E-state index contributed by atoms with van der Waals surface area (Å²) in [4.78, 5) is 14.7. The maximum atomic E-state index is 13.8. The number of nitrogens with zero attached hydrogens (tertiary/aromatic N) is 4. The van der Waals surface area contributed by atoms with E-state index in [1.165, 1.54) is 0 Å². The molecule has 0 unspecified atom stereocenters. The van der Waals surface area contributed by atoms with Crippen LogP contribution >= 0.6 is 0 Å². The molecule has 2 aromatic rings. The fourth-order valence-electron chi connectivity index (χ4n) is 4.18. The topological polar surface area (TPSA) is 77.0 Å². The summed E-state index contributed by atoms with van der Waals surface area (Å²) in [6.07, 6.45) is 1.65. The Balaban J connectivity index is 1.46. The van der Waals surface area contributed by atoms with Crippen molar-refractivity contribution in [3.8, 4) is 0 Å². The van der Waals surface area contributed by atoms with Gasteiger partial charge in [0.25, 0.3) is 0 Å². The van der Waals surface area contributed by atoms with Crippen LogP contribution in [0.5, 0.6) is 0 Å². The van der Waals surface area contributed by atoms with Gasteiger partial charge in [-0.1, -0.05) is 0 Å². The van der Waals surface area contributed by atoms with Crippen molar-refractivity contribution < 1.29 is 18.0 Å². The van der Waals surface area contributed by atoms with Crippen LogP contribution in [0.2, 0.25) is 0 Å². The number of aromatic nitrogens is 3. The molecule has 1 aromatic carbocycles. The van der Waals surface area contributed by atoms with E-state index in [9.17, 15) is 18.0 Å². The largest absolute Gasteiger partial charge is 0.328 e. The molecule has 2 aliphatic rings. The van der Waals surface area contributed by atoms with E-state index >= 15 is 0 Å². The molecule has 144 valence electrons. The van der Waals surface area contributed by atoms with Crippen LogP contribution < -0.4 is 5.73 Å². The Bertz CT molecular complexity index is 899. The molecular weight excluding hydrogens is 359 g/mol. The molecule has 9 heteroatoms. The number of rotatable bonds is 4. The third-order valence-electron chi connectivity index (χ3n) is 5.45. The number of fused-ring (bicyclic) bond motifs is 4. The third kappa shape index (κ3) is 3.09. The number of benzene rings is 1. The van der Waals surface area contributed by atoms with Crippen molar-refractivity contribution in [2.45, 2.75) is 57.3 Å². The van der Waals surface area contributed by atoms with Gasteiger partial charge in [0.2, 0.25) is 5.91 Å². The molecule has 27 heavy (non-hydrogen) atoms. The van der Waals surface area contributed by atoms with Gasteiger partial charge in [-0.3, -0.25) is 4.79 Å². The van der Waals surface area contributed by atoms with E-state index in [0.29, 0.717) is 12.6 Å². The molecule has 1 amide bonds. The highest BCUT2D eigenvalue weighted by molar-refractivity contribution is 5.78. The first-order valence-corrected chi connectivity index (χ1v) is 8.95. The van der Waals surface area contributed by atoms with Gasteiger partial charge >= 0.3 is 0 Å². The van der Waals surface area contributed by atoms with Crippen molar-refractivity contribution in [2.75, 3.05) is 0 Å². The van der Waals surface area contributed by atoms with Crippen LogP contribution in [0.25, 0.3) is 0 Å². The number of halogens is 3. The summed E-state index contributed by atoms with van der Waals surface area (Å²) < 4.78 is 42.2. The average Bonchev–Trinajstić information content (AvgIpc) is 3.13. The van der Waals surface area contributed by atoms with Gasteiger partial charge in [0.15, 0.2) is 17.5 Å². The molecule has 1 aromatic heterocycles. The maximum Gasteiger partial charge on any atom is 0.225 e. The second kappa shape index (κ2) is 6.63. The Morgan fingerprint density at radius 3 is 2.74 bits per heavy atom. The van der Waals surface area contributed by atoms with Gasteiger partial charge < -0.3 is 15.2 Å². The van der Waals surface area contributed by atoms with E-state index in [2.05, 4.69) is 10.2 Å². The molecule has 2 aliphatic heterocycles. The lowest BCUT2D eigenvalue weighted by atomic mass is 10.0. The second-order valence-corrected chi connectivity index (χ2v) is 7.29. The monoisotopic (exact) mass is 379 g/mol. The summed E-state index contributed by atoms with van der Waals surface area (Å²) >= 11 is 0. The zero-order valence-electron chi connectivity index (χ0n) is 14.8. The number of carbonyl (C=O) groups excluding carboxylic acids is 1. The number of amides is 1. The van der Waals surface area contributed by atoms with Crippen LogP contribution in [0, 0.1) is 24.4 Å². The lowest BCUT2D eigenvalue weighted by molar-refractivity contribution is -0.136. The van der Waals surface area contributed by atoms with E-state index in [1.807, 2.05) is 16.4 Å². The first-order valence-electron chi connectivity index (χ1n) is 8.95. The Labute approximate surface area is 154 Å². The summed E-state index contributed by atoms with van der Waals surface area (Å²) in [6.45, 7) is 2.54. The van der Waals surface area contributed by atoms with Gasteiger partial charge in [-0.2, -0.15) is 0 Å². The van der Waals surface area contributed by atoms with Gasteiger partial charge in [-0.05, 0) is 37.8 Å². The van der Waals surface area contributed by atoms with Gasteiger partial charge in [0.05, 0.1) is 12.1 Å². The summed E-state index contributed by atoms with van der Waals surface area (Å²) in [6, 6.07) is 0.545. The highest BCUT2D eigenvalue weighted by Crippen LogP contribution is 2.40. The molecule has 0 spiro atoms. The molecule has 4 rings (SSSR count). The Morgan fingerprint density at radius 2 is 1.96 bits per heavy atom. The minimum atomic E-state index is -1.25. The van der Waals surface area contributed by atoms with Crippen LogP contribution in [0.4, 0.5) is 13.2 Å². The highest BCUT2D eigenvalue weighted by Gasteiger charge is 2.44. The molecule has 1 saturated heterocycles. The lowest BCUT2D eigenvalue weighted by Crippen LogP contribution is -2.46. The van der Waals surface area contributed by atoms with Crippen LogP contribution in [0.1, 0.15) is 42.5 Å². The van der Waals surface area contributed by atoms with Gasteiger partial charge in [0, 0.05) is 25.1 Å². The first kappa shape index (κ1) is 18.0. The van der Waals surface area contributed by atoms with Crippen molar-refractivity contribution in [3.05, 3.63) is 46.8 Å². The molecular formula is C18H20F3N5O. The minimum Gasteiger partial charge on any atom is -0.328 e. The van der Waals surface area contributed by atoms with Gasteiger partial charge in [-0.25, -0.2) is 13.2 Å². The summed E-state index contributed by atoms with van der Waals surface area (Å²) in [5, 5.41) is 8.30. The number of carbonyl (C=O) groups is 1. The summed E-state index contributed by atoms with van der Waals surface area (Å²) in [5.41, 5.74) is 5.98. The van der Waals surface area contributed by atoms with Crippen LogP contribution in [0.3, 0.4) is 0 Å². The fraction of sp³-hybridized carbons (Fsp3) is 0.500. The maximum absolute atomic E-state index is 13.8. The van der Waals surface area contributed by atoms with Crippen molar-refractivity contribution in [3.63, 3.8) is 0 Å². The van der Waals surface area contributed by atoms with Crippen molar-refractivity contribution in [1.29, 1.82) is 0 Å². The van der Waals surface area contributed by atoms with Gasteiger partial charge in [-0.15, -0.1) is 10.2 Å². The van der Waals surface area contributed by atoms with Crippen LogP contribution in [-0.2, 0) is 17.8 Å². The first-order chi connectivity index (χ1) is 12.8. The lowest BCUT2D eigenvalue weighted by Gasteiger charge is -2.35. The summed E-state index contributed by atoms with van der Waals surface area (Å²) in [5.74, 6) is -1.75. The number of nitrogens with two attached hydrogens (primary N) is 1. The second-order valence-electron chi connectivity index (χ2n) is 7.29. The Morgan fingerprint density at radius 1 is 1.22 bits per heavy atom. The highest BCUT2D eigenvalue weighted by atomic mass is 19.2. The normalized spacial score (nSPS) is 22.0. The molecule has 3 heterocycles. The number of hydrogen-bond acceptors (Lipinski definition) is 4. The quantitative estimate of drug-likeness (QED) is 0.825. The Hall–Kier alpha value is -2.42. The molecule has 0 radical (unpaired) electrons. The molecule has 6 nitrogen and oxygen atoms in total. The van der Waals surface area contributed by atoms with Crippen LogP contribution in [-0.4, -0.2) is 37.7 Å². The zero-order chi connectivity index (χ0) is 19.3. The molecule has 0 aliphatic carbocycles. The molecule has 0 saturated carbocycles. The van der Waals surface area contributed by atoms with Gasteiger partial charge in [0.1, 0.15) is 11.6 Å². The molecule has 1 fully saturated rings. The van der Waals surface area contributed by atoms with E-state index < -0.39 is 23.5 Å². The Kier molecular flexibility index (Phi) is 4.41. The number of aryl methyl sites for hydroxylation is 1. The number of hydrogen-bond donors (Lipinski definition) is 1. The predicted octanol–water partition coefficient (Wildman–Crippen LogP) is 2.01. The standard InChI is InChI=1S/C18H20F3N5O/c1-9-23-24-18-16-3-2-12(8-25(9)18)26(16)17(27)6-11(22)4-10-5-14(20)15(21)7-13(10)19/h5,7,11-12,16H,2-4,6,8,22H2,1H3/t11-,12-,16+/m1/s1. The van der Waals surface area contributed by atoms with E-state index in [4.69, 9.17) is 5.73 Å². The molecule has 3 atom stereocenters. The van der Waals surface area contributed by atoms with E-state index in [0.717, 1.165) is 30.6 Å². The van der Waals surface area contributed by atoms with Crippen LogP contribution in [0.15, 0.2) is 12.1 Å². The van der Waals surface area contributed by atoms with E-state index in [1.54, 1.807) is 0 Å². The van der Waals surface area contributed by atoms with Crippen molar-refractivity contribution in [2.24, 2.45) is 5.73 Å². The fourth-order valence-corrected chi connectivity index (χ4v) is 4.18. The SMILES string of the molecule is Cc1nnc2n1C[C@H]1CC[C@@H]2N1C(=O)C[C@H](N)Cc1cc(F)c(F)cc1F. The van der Waals surface area contributed by atoms with Crippen molar-refractivity contribution >= 4 is 5.91 Å². The predicted molar refractivity (Wildman–Crippen MR) is 90.0 cm³/mol. The summed E-state index contributed by atoms with van der Waals surface area (Å²) in [7, 11) is 0. The smallest absolute Gasteiger partial charge is 0.225 e. The minimum absolute atomic E-state index is 0.00143. The third-order valence-corrected chi connectivity index (χ3v) is 5.45. The molecule has 2 bridgehead atoms. The zero-order valence-corrected chi connectivity index (χ0v) is 14.8. The van der Waals surface area contributed by atoms with Crippen molar-refractivity contribution in [1.82, 2.24) is 19.7 Å². The average molecular weight is 379 g/mol. The van der Waals surface area contributed by atoms with E-state index in [-0.39, 0.29) is 36.4 Å².